The molecule has 0 aliphatic carbocycles. The molecule has 0 aromatic heterocycles. The third-order valence-electron chi connectivity index (χ3n) is 6.57. The Kier molecular flexibility index (Phi) is 9.30. The number of amides is 1. The van der Waals surface area contributed by atoms with Gasteiger partial charge in [0, 0.05) is 17.4 Å². The quantitative estimate of drug-likeness (QED) is 0.238. The molecule has 0 saturated heterocycles. The van der Waals surface area contributed by atoms with E-state index in [9.17, 15) is 21.6 Å². The second-order valence-electron chi connectivity index (χ2n) is 9.88. The average Bonchev–Trinajstić information content (AvgIpc) is 2.95. The van der Waals surface area contributed by atoms with Gasteiger partial charge in [0.25, 0.3) is 15.9 Å². The molecule has 9 heteroatoms. The van der Waals surface area contributed by atoms with E-state index in [1.165, 1.54) is 24.3 Å². The molecule has 1 N–H and O–H groups in total. The van der Waals surface area contributed by atoms with E-state index in [4.69, 9.17) is 4.74 Å². The largest absolute Gasteiger partial charge is 0.493 e. The lowest BCUT2D eigenvalue weighted by Gasteiger charge is -2.16. The first-order chi connectivity index (χ1) is 19.5. The Morgan fingerprint density at radius 3 is 2.15 bits per heavy atom. The molecule has 0 bridgehead atoms. The fraction of sp³-hybridized carbons (Fsp3) is 0.219. The maximum absolute atomic E-state index is 13.4. The maximum atomic E-state index is 13.4. The molecule has 214 valence electrons. The van der Waals surface area contributed by atoms with E-state index in [1.807, 2.05) is 68.4 Å². The van der Waals surface area contributed by atoms with Crippen molar-refractivity contribution in [2.45, 2.75) is 42.9 Å². The summed E-state index contributed by atoms with van der Waals surface area (Å²) in [4.78, 5) is 13.2. The number of benzene rings is 4. The van der Waals surface area contributed by atoms with Crippen molar-refractivity contribution in [2.75, 3.05) is 12.9 Å². The fourth-order valence-corrected chi connectivity index (χ4v) is 6.02. The van der Waals surface area contributed by atoms with E-state index in [1.54, 1.807) is 12.1 Å². The van der Waals surface area contributed by atoms with Crippen LogP contribution in [0.1, 0.15) is 40.4 Å². The van der Waals surface area contributed by atoms with Crippen molar-refractivity contribution < 1.29 is 26.4 Å². The molecule has 4 rings (SSSR count). The minimum atomic E-state index is -4.25. The van der Waals surface area contributed by atoms with Crippen LogP contribution in [0, 0.1) is 6.92 Å². The number of aryl methyl sites for hydroxylation is 3. The van der Waals surface area contributed by atoms with Crippen LogP contribution in [0.25, 0.3) is 11.1 Å². The van der Waals surface area contributed by atoms with Crippen molar-refractivity contribution in [3.05, 3.63) is 113 Å². The Labute approximate surface area is 242 Å². The van der Waals surface area contributed by atoms with Crippen LogP contribution in [0.4, 0.5) is 0 Å². The van der Waals surface area contributed by atoms with Crippen molar-refractivity contribution in [1.29, 1.82) is 0 Å². The second-order valence-corrected chi connectivity index (χ2v) is 13.6. The molecule has 0 atom stereocenters. The Morgan fingerprint density at radius 1 is 0.805 bits per heavy atom. The first kappa shape index (κ1) is 30.0. The van der Waals surface area contributed by atoms with E-state index in [0.29, 0.717) is 25.0 Å². The van der Waals surface area contributed by atoms with Gasteiger partial charge in [-0.05, 0) is 85.3 Å². The van der Waals surface area contributed by atoms with Gasteiger partial charge in [0.15, 0.2) is 9.84 Å². The zero-order chi connectivity index (χ0) is 29.6. The number of sulfone groups is 1. The second kappa shape index (κ2) is 12.7. The number of carbonyl (C=O) groups is 1. The first-order valence-corrected chi connectivity index (χ1v) is 16.6. The van der Waals surface area contributed by atoms with Crippen molar-refractivity contribution in [1.82, 2.24) is 4.72 Å². The lowest BCUT2D eigenvalue weighted by Crippen LogP contribution is -2.31. The van der Waals surface area contributed by atoms with E-state index >= 15 is 0 Å². The molecule has 0 aliphatic rings. The lowest BCUT2D eigenvalue weighted by atomic mass is 9.94. The molecule has 4 aromatic carbocycles. The molecule has 7 nitrogen and oxygen atoms in total. The summed E-state index contributed by atoms with van der Waals surface area (Å²) in [5, 5.41) is 0. The minimum absolute atomic E-state index is 0.0139. The molecule has 1 amide bonds. The summed E-state index contributed by atoms with van der Waals surface area (Å²) in [7, 11) is -7.75. The predicted molar refractivity (Wildman–Crippen MR) is 160 cm³/mol. The molecule has 0 heterocycles. The van der Waals surface area contributed by atoms with Crippen molar-refractivity contribution >= 4 is 25.8 Å². The van der Waals surface area contributed by atoms with E-state index in [2.05, 4.69) is 4.72 Å². The highest BCUT2D eigenvalue weighted by Crippen LogP contribution is 2.33. The third-order valence-corrected chi connectivity index (χ3v) is 9.05. The van der Waals surface area contributed by atoms with Gasteiger partial charge < -0.3 is 4.74 Å². The number of hydrogen-bond acceptors (Lipinski definition) is 6. The Bertz CT molecular complexity index is 1750. The van der Waals surface area contributed by atoms with Gasteiger partial charge in [-0.25, -0.2) is 21.6 Å². The van der Waals surface area contributed by atoms with Gasteiger partial charge in [0.05, 0.1) is 16.4 Å². The Morgan fingerprint density at radius 2 is 1.49 bits per heavy atom. The number of hydrogen-bond donors (Lipinski definition) is 1. The van der Waals surface area contributed by atoms with Gasteiger partial charge in [-0.2, -0.15) is 0 Å². The molecule has 0 saturated carbocycles. The smallest absolute Gasteiger partial charge is 0.265 e. The first-order valence-electron chi connectivity index (χ1n) is 13.3. The van der Waals surface area contributed by atoms with Crippen molar-refractivity contribution in [3.8, 4) is 16.9 Å². The standard InChI is InChI=1S/C32H33NO6S2/c1-4-20-39-31-19-10-23(2)21-30(31)26-13-18-29(25(22-26)12-11-24-8-6-5-7-9-24)32(34)33-41(37,38)28-16-14-27(15-17-28)40(3,35)36/h5-10,13-19,21-22H,4,11-12,20H2,1-3H3,(H,33,34). The average molecular weight is 592 g/mol. The zero-order valence-electron chi connectivity index (χ0n) is 23.3. The number of sulfonamides is 1. The number of nitrogens with one attached hydrogen (secondary N) is 1. The van der Waals surface area contributed by atoms with Gasteiger partial charge in [-0.3, -0.25) is 4.79 Å². The van der Waals surface area contributed by atoms with Crippen LogP contribution < -0.4 is 9.46 Å². The summed E-state index contributed by atoms with van der Waals surface area (Å²) in [6.07, 6.45) is 3.05. The highest BCUT2D eigenvalue weighted by Gasteiger charge is 2.22. The van der Waals surface area contributed by atoms with Crippen LogP contribution in [0.3, 0.4) is 0 Å². The highest BCUT2D eigenvalue weighted by molar-refractivity contribution is 7.91. The van der Waals surface area contributed by atoms with E-state index in [-0.39, 0.29) is 15.4 Å². The van der Waals surface area contributed by atoms with E-state index < -0.39 is 25.8 Å². The predicted octanol–water partition coefficient (Wildman–Crippen LogP) is 5.76. The van der Waals surface area contributed by atoms with Gasteiger partial charge in [-0.15, -0.1) is 0 Å². The minimum Gasteiger partial charge on any atom is -0.493 e. The van der Waals surface area contributed by atoms with Crippen molar-refractivity contribution in [2.24, 2.45) is 0 Å². The summed E-state index contributed by atoms with van der Waals surface area (Å²) in [6, 6.07) is 25.9. The number of ether oxygens (including phenoxy) is 1. The Balaban J connectivity index is 1.69. The van der Waals surface area contributed by atoms with Crippen LogP contribution >= 0.6 is 0 Å². The zero-order valence-corrected chi connectivity index (χ0v) is 24.9. The van der Waals surface area contributed by atoms with Crippen molar-refractivity contribution in [3.63, 3.8) is 0 Å². The number of carbonyl (C=O) groups excluding carboxylic acids is 1. The third kappa shape index (κ3) is 7.62. The molecule has 0 aliphatic heterocycles. The fourth-order valence-electron chi connectivity index (χ4n) is 4.42. The SMILES string of the molecule is CCCOc1ccc(C)cc1-c1ccc(C(=O)NS(=O)(=O)c2ccc(S(C)(=O)=O)cc2)c(CCc2ccccc2)c1. The Hall–Kier alpha value is -3.95. The summed E-state index contributed by atoms with van der Waals surface area (Å²) in [6.45, 7) is 4.61. The van der Waals surface area contributed by atoms with E-state index in [0.717, 1.165) is 40.7 Å². The monoisotopic (exact) mass is 591 g/mol. The molecule has 0 radical (unpaired) electrons. The van der Waals surface area contributed by atoms with Gasteiger partial charge in [0.1, 0.15) is 5.75 Å². The summed E-state index contributed by atoms with van der Waals surface area (Å²) in [5.41, 5.74) is 4.83. The summed E-state index contributed by atoms with van der Waals surface area (Å²) < 4.78 is 57.7. The molecular formula is C32H33NO6S2. The topological polar surface area (TPSA) is 107 Å². The van der Waals surface area contributed by atoms with Crippen LogP contribution in [-0.4, -0.2) is 35.6 Å². The van der Waals surface area contributed by atoms with Crippen LogP contribution in [0.5, 0.6) is 5.75 Å². The molecule has 4 aromatic rings. The van der Waals surface area contributed by atoms with Crippen LogP contribution in [0.15, 0.2) is 101 Å². The molecule has 0 spiro atoms. The van der Waals surface area contributed by atoms with Gasteiger partial charge >= 0.3 is 0 Å². The van der Waals surface area contributed by atoms with Crippen LogP contribution in [0.2, 0.25) is 0 Å². The molecule has 41 heavy (non-hydrogen) atoms. The number of rotatable bonds is 11. The molecule has 0 fully saturated rings. The maximum Gasteiger partial charge on any atom is 0.265 e. The van der Waals surface area contributed by atoms with Crippen LogP contribution in [-0.2, 0) is 32.7 Å². The molecular weight excluding hydrogens is 558 g/mol. The van der Waals surface area contributed by atoms with Gasteiger partial charge in [0.2, 0.25) is 0 Å². The molecule has 0 unspecified atom stereocenters. The van der Waals surface area contributed by atoms with Gasteiger partial charge in [-0.1, -0.05) is 61.0 Å². The summed E-state index contributed by atoms with van der Waals surface area (Å²) >= 11 is 0. The lowest BCUT2D eigenvalue weighted by molar-refractivity contribution is 0.0980. The normalized spacial score (nSPS) is 11.7. The highest BCUT2D eigenvalue weighted by atomic mass is 32.2. The summed E-state index contributed by atoms with van der Waals surface area (Å²) in [5.74, 6) is -0.0257.